The number of nitrogens with one attached hydrogen (secondary N) is 1. The zero-order valence-electron chi connectivity index (χ0n) is 12.9. The molecule has 0 unspecified atom stereocenters. The summed E-state index contributed by atoms with van der Waals surface area (Å²) in [4.78, 5) is 14.8. The summed E-state index contributed by atoms with van der Waals surface area (Å²) in [6.45, 7) is 5.53. The van der Waals surface area contributed by atoms with Crippen LogP contribution in [0.4, 0.5) is 11.9 Å². The van der Waals surface area contributed by atoms with Gasteiger partial charge in [-0.3, -0.25) is 0 Å². The third-order valence-corrected chi connectivity index (χ3v) is 3.00. The first-order valence-electron chi connectivity index (χ1n) is 6.93. The molecule has 0 saturated carbocycles. The molecule has 0 fully saturated rings. The molecule has 2 aromatic rings. The zero-order valence-corrected chi connectivity index (χ0v) is 12.9. The highest BCUT2D eigenvalue weighted by molar-refractivity contribution is 5.38. The number of hydrogen-bond donors (Lipinski definition) is 1. The second-order valence-corrected chi connectivity index (χ2v) is 4.82. The molecule has 0 radical (unpaired) electrons. The lowest BCUT2D eigenvalue weighted by Gasteiger charge is -2.18. The quantitative estimate of drug-likeness (QED) is 0.879. The van der Waals surface area contributed by atoms with Crippen molar-refractivity contribution in [3.8, 4) is 6.01 Å². The van der Waals surface area contributed by atoms with Gasteiger partial charge in [0.1, 0.15) is 0 Å². The number of methoxy groups -OCH3 is 1. The molecule has 112 valence electrons. The van der Waals surface area contributed by atoms with Crippen molar-refractivity contribution in [2.75, 3.05) is 30.9 Å². The van der Waals surface area contributed by atoms with Crippen LogP contribution in [0.5, 0.6) is 6.01 Å². The van der Waals surface area contributed by atoms with Gasteiger partial charge in [0.25, 0.3) is 0 Å². The standard InChI is InChI=1S/C15H21N5O/c1-5-16-13-17-14(19-15(18-13)21-4)20(3)10-12-8-6-11(2)7-9-12/h6-9H,5,10H2,1-4H3,(H,16,17,18,19). The number of aryl methyl sites for hydroxylation is 1. The lowest BCUT2D eigenvalue weighted by molar-refractivity contribution is 0.379. The smallest absolute Gasteiger partial charge is 0.322 e. The van der Waals surface area contributed by atoms with Crippen molar-refractivity contribution in [1.82, 2.24) is 15.0 Å². The second kappa shape index (κ2) is 6.88. The summed E-state index contributed by atoms with van der Waals surface area (Å²) in [7, 11) is 3.50. The van der Waals surface area contributed by atoms with Gasteiger partial charge in [0.05, 0.1) is 7.11 Å². The van der Waals surface area contributed by atoms with Gasteiger partial charge >= 0.3 is 6.01 Å². The summed E-state index contributed by atoms with van der Waals surface area (Å²) in [6, 6.07) is 8.72. The predicted molar refractivity (Wildman–Crippen MR) is 83.8 cm³/mol. The molecule has 0 amide bonds. The van der Waals surface area contributed by atoms with Crippen molar-refractivity contribution in [3.63, 3.8) is 0 Å². The van der Waals surface area contributed by atoms with E-state index in [4.69, 9.17) is 4.74 Å². The van der Waals surface area contributed by atoms with Crippen LogP contribution in [-0.4, -0.2) is 35.7 Å². The van der Waals surface area contributed by atoms with Crippen molar-refractivity contribution in [2.45, 2.75) is 20.4 Å². The first kappa shape index (κ1) is 15.0. The van der Waals surface area contributed by atoms with E-state index in [2.05, 4.69) is 51.5 Å². The molecular weight excluding hydrogens is 266 g/mol. The molecule has 0 atom stereocenters. The number of aromatic nitrogens is 3. The molecule has 0 aliphatic rings. The highest BCUT2D eigenvalue weighted by Crippen LogP contribution is 2.16. The monoisotopic (exact) mass is 287 g/mol. The molecule has 0 saturated heterocycles. The van der Waals surface area contributed by atoms with Crippen molar-refractivity contribution in [1.29, 1.82) is 0 Å². The molecule has 1 aromatic carbocycles. The fourth-order valence-corrected chi connectivity index (χ4v) is 1.88. The van der Waals surface area contributed by atoms with E-state index in [0.29, 0.717) is 17.9 Å². The number of nitrogens with zero attached hydrogens (tertiary/aromatic N) is 4. The van der Waals surface area contributed by atoms with Crippen LogP contribution >= 0.6 is 0 Å². The summed E-state index contributed by atoms with van der Waals surface area (Å²) in [5.74, 6) is 1.11. The number of benzene rings is 1. The molecule has 2 rings (SSSR count). The van der Waals surface area contributed by atoms with Crippen LogP contribution in [-0.2, 0) is 6.54 Å². The first-order chi connectivity index (χ1) is 10.1. The highest BCUT2D eigenvalue weighted by Gasteiger charge is 2.11. The Morgan fingerprint density at radius 3 is 2.48 bits per heavy atom. The van der Waals surface area contributed by atoms with Gasteiger partial charge in [0, 0.05) is 20.1 Å². The van der Waals surface area contributed by atoms with Gasteiger partial charge in [-0.2, -0.15) is 15.0 Å². The summed E-state index contributed by atoms with van der Waals surface area (Å²) < 4.78 is 5.13. The maximum absolute atomic E-state index is 5.13. The van der Waals surface area contributed by atoms with E-state index in [1.165, 1.54) is 11.1 Å². The average Bonchev–Trinajstić information content (AvgIpc) is 2.49. The Morgan fingerprint density at radius 2 is 1.86 bits per heavy atom. The van der Waals surface area contributed by atoms with Gasteiger partial charge in [0.2, 0.25) is 11.9 Å². The van der Waals surface area contributed by atoms with Crippen LogP contribution in [0.1, 0.15) is 18.1 Å². The topological polar surface area (TPSA) is 63.2 Å². The summed E-state index contributed by atoms with van der Waals surface area (Å²) >= 11 is 0. The number of rotatable bonds is 6. The van der Waals surface area contributed by atoms with Gasteiger partial charge in [-0.15, -0.1) is 0 Å². The summed E-state index contributed by atoms with van der Waals surface area (Å²) in [6.07, 6.45) is 0. The molecule has 1 heterocycles. The van der Waals surface area contributed by atoms with Gasteiger partial charge in [-0.25, -0.2) is 0 Å². The van der Waals surface area contributed by atoms with Crippen LogP contribution in [0.3, 0.4) is 0 Å². The Labute approximate surface area is 125 Å². The van der Waals surface area contributed by atoms with E-state index >= 15 is 0 Å². The number of anilines is 2. The minimum absolute atomic E-state index is 0.312. The predicted octanol–water partition coefficient (Wildman–Crippen LogP) is 2.26. The SMILES string of the molecule is CCNc1nc(OC)nc(N(C)Cc2ccc(C)cc2)n1. The number of ether oxygens (including phenoxy) is 1. The summed E-state index contributed by atoms with van der Waals surface area (Å²) in [5.41, 5.74) is 2.45. The largest absolute Gasteiger partial charge is 0.467 e. The zero-order chi connectivity index (χ0) is 15.2. The molecule has 0 spiro atoms. The third kappa shape index (κ3) is 4.05. The van der Waals surface area contributed by atoms with Crippen LogP contribution in [0, 0.1) is 6.92 Å². The fourth-order valence-electron chi connectivity index (χ4n) is 1.88. The first-order valence-corrected chi connectivity index (χ1v) is 6.93. The number of hydrogen-bond acceptors (Lipinski definition) is 6. The fraction of sp³-hybridized carbons (Fsp3) is 0.400. The molecule has 6 nitrogen and oxygen atoms in total. The van der Waals surface area contributed by atoms with E-state index in [0.717, 1.165) is 13.1 Å². The van der Waals surface area contributed by atoms with Gasteiger partial charge in [-0.05, 0) is 19.4 Å². The molecule has 6 heteroatoms. The Bertz CT molecular complexity index is 585. The van der Waals surface area contributed by atoms with Gasteiger partial charge < -0.3 is 15.0 Å². The maximum Gasteiger partial charge on any atom is 0.322 e. The molecule has 1 N–H and O–H groups in total. The molecular formula is C15H21N5O. The van der Waals surface area contributed by atoms with E-state index in [9.17, 15) is 0 Å². The lowest BCUT2D eigenvalue weighted by Crippen LogP contribution is -2.20. The van der Waals surface area contributed by atoms with E-state index in [-0.39, 0.29) is 0 Å². The molecule has 21 heavy (non-hydrogen) atoms. The van der Waals surface area contributed by atoms with E-state index in [1.807, 2.05) is 18.9 Å². The Hall–Kier alpha value is -2.37. The van der Waals surface area contributed by atoms with Crippen molar-refractivity contribution >= 4 is 11.9 Å². The van der Waals surface area contributed by atoms with Crippen LogP contribution in [0.25, 0.3) is 0 Å². The minimum Gasteiger partial charge on any atom is -0.467 e. The van der Waals surface area contributed by atoms with Crippen LogP contribution in [0.2, 0.25) is 0 Å². The van der Waals surface area contributed by atoms with Gasteiger partial charge in [0.15, 0.2) is 0 Å². The second-order valence-electron chi connectivity index (χ2n) is 4.82. The molecule has 0 bridgehead atoms. The Kier molecular flexibility index (Phi) is 4.92. The van der Waals surface area contributed by atoms with Crippen molar-refractivity contribution in [3.05, 3.63) is 35.4 Å². The van der Waals surface area contributed by atoms with E-state index < -0.39 is 0 Å². The average molecular weight is 287 g/mol. The maximum atomic E-state index is 5.13. The van der Waals surface area contributed by atoms with Gasteiger partial charge in [-0.1, -0.05) is 29.8 Å². The minimum atomic E-state index is 0.312. The normalized spacial score (nSPS) is 10.3. The third-order valence-electron chi connectivity index (χ3n) is 3.00. The van der Waals surface area contributed by atoms with E-state index in [1.54, 1.807) is 7.11 Å². The van der Waals surface area contributed by atoms with Crippen LogP contribution in [0.15, 0.2) is 24.3 Å². The van der Waals surface area contributed by atoms with Crippen LogP contribution < -0.4 is 15.0 Å². The van der Waals surface area contributed by atoms with Crippen molar-refractivity contribution in [2.24, 2.45) is 0 Å². The Morgan fingerprint density at radius 1 is 1.14 bits per heavy atom. The Balaban J connectivity index is 2.19. The van der Waals surface area contributed by atoms with Crippen molar-refractivity contribution < 1.29 is 4.74 Å². The molecule has 1 aromatic heterocycles. The molecule has 0 aliphatic heterocycles. The highest BCUT2D eigenvalue weighted by atomic mass is 16.5. The molecule has 0 aliphatic carbocycles. The lowest BCUT2D eigenvalue weighted by atomic mass is 10.1. The summed E-state index contributed by atoms with van der Waals surface area (Å²) in [5, 5.41) is 3.08.